The Balaban J connectivity index is 0.861. The van der Waals surface area contributed by atoms with Crippen molar-refractivity contribution in [3.63, 3.8) is 0 Å². The van der Waals surface area contributed by atoms with Crippen LogP contribution in [0.2, 0.25) is 0 Å². The minimum atomic E-state index is -5.94. The highest BCUT2D eigenvalue weighted by Gasteiger charge is 2.50. The molecule has 7 N–H and O–H groups in total. The van der Waals surface area contributed by atoms with Gasteiger partial charge < -0.3 is 74.1 Å². The number of carbonyl (C=O) groups excluding carboxylic acids is 3. The second kappa shape index (κ2) is 23.6. The zero-order valence-corrected chi connectivity index (χ0v) is 42.3. The predicted octanol–water partition coefficient (Wildman–Crippen LogP) is 0.607. The molecule has 6 rings (SSSR count). The number of phosphoric ester groups is 3. The summed E-state index contributed by atoms with van der Waals surface area (Å²) in [6, 6.07) is 8.28. The molecule has 400 valence electrons. The van der Waals surface area contributed by atoms with Crippen molar-refractivity contribution < 1.29 is 90.4 Å². The maximum atomic E-state index is 13.2. The van der Waals surface area contributed by atoms with Gasteiger partial charge in [-0.15, -0.1) is 0 Å². The summed E-state index contributed by atoms with van der Waals surface area (Å²) in [4.78, 5) is 110. The fraction of sp³-hybridized carbons (Fsp3) is 0.651. The number of nitrogens with one attached hydrogen (secondary N) is 2. The zero-order valence-electron chi connectivity index (χ0n) is 39.7. The van der Waals surface area contributed by atoms with Crippen LogP contribution >= 0.6 is 23.5 Å². The molecule has 2 saturated carbocycles. The van der Waals surface area contributed by atoms with Gasteiger partial charge in [-0.1, -0.05) is 51.0 Å². The van der Waals surface area contributed by atoms with Crippen molar-refractivity contribution in [3.05, 3.63) is 48.0 Å². The normalized spacial score (nSPS) is 22.4. The van der Waals surface area contributed by atoms with Crippen LogP contribution in [0.1, 0.15) is 108 Å². The molecule has 2 amide bonds. The number of hydrogen-bond acceptors (Lipinski definition) is 22. The first-order chi connectivity index (χ1) is 33.8. The topological polar surface area (TPSA) is 412 Å². The summed E-state index contributed by atoms with van der Waals surface area (Å²) >= 11 is 0. The summed E-state index contributed by atoms with van der Waals surface area (Å²) in [6.07, 6.45) is 2.43. The number of carbonyl (C=O) groups is 4. The summed E-state index contributed by atoms with van der Waals surface area (Å²) in [5.74, 6) is -2.20. The molecular weight excluding hydrogens is 1010 g/mol. The van der Waals surface area contributed by atoms with Crippen molar-refractivity contribution in [2.75, 3.05) is 32.0 Å². The van der Waals surface area contributed by atoms with Gasteiger partial charge in [0.05, 0.1) is 32.8 Å². The Morgan fingerprint density at radius 3 is 2.08 bits per heavy atom. The molecule has 1 aromatic carbocycles. The molecule has 7 atom stereocenters. The van der Waals surface area contributed by atoms with E-state index in [-0.39, 0.29) is 54.1 Å². The van der Waals surface area contributed by atoms with E-state index in [0.717, 1.165) is 94.3 Å². The van der Waals surface area contributed by atoms with Crippen LogP contribution in [0.3, 0.4) is 0 Å². The molecule has 26 nitrogen and oxygen atoms in total. The van der Waals surface area contributed by atoms with Gasteiger partial charge in [-0.3, -0.25) is 32.9 Å². The molecule has 72 heavy (non-hydrogen) atoms. The molecule has 3 aromatic rings. The number of hydrogen-bond donors (Lipinski definition) is 6. The maximum Gasteiger partial charge on any atom is 0.309 e. The Hall–Kier alpha value is -4.10. The van der Waals surface area contributed by atoms with Crippen LogP contribution in [0, 0.1) is 16.2 Å². The number of nitrogens with two attached hydrogens (primary N) is 1. The van der Waals surface area contributed by atoms with E-state index in [9.17, 15) is 67.8 Å². The molecule has 1 saturated heterocycles. The molecule has 1 aliphatic heterocycles. The Morgan fingerprint density at radius 1 is 0.889 bits per heavy atom. The average Bonchev–Trinajstić information content (AvgIpc) is 4.22. The van der Waals surface area contributed by atoms with Gasteiger partial charge >= 0.3 is 5.97 Å². The second-order valence-corrected chi connectivity index (χ2v) is 23.3. The smallest absolute Gasteiger partial charge is 0.309 e. The average molecular weight is 1070 g/mol. The van der Waals surface area contributed by atoms with Gasteiger partial charge in [0.1, 0.15) is 42.0 Å². The van der Waals surface area contributed by atoms with Crippen molar-refractivity contribution in [3.8, 4) is 0 Å². The first kappa shape index (κ1) is 57.2. The number of ether oxygens (including phenoxy) is 1. The number of aryl methyl sites for hydroxylation is 2. The third-order valence-electron chi connectivity index (χ3n) is 13.3. The summed E-state index contributed by atoms with van der Waals surface area (Å²) < 4.78 is 61.0. The number of phosphoric acid groups is 3. The number of carboxylic acid groups (broad SMARTS) is 1. The number of unbranched alkanes of at least 4 members (excludes halogenated alkanes) is 2. The number of aliphatic carboxylic acids is 1. The number of ketones is 1. The third kappa shape index (κ3) is 15.5. The number of imidazole rings is 1. The largest absolute Gasteiger partial charge is 0.790 e. The molecule has 3 aliphatic rings. The molecule has 2 aromatic heterocycles. The van der Waals surface area contributed by atoms with E-state index in [1.165, 1.54) is 25.0 Å². The van der Waals surface area contributed by atoms with Gasteiger partial charge in [-0.05, 0) is 75.3 Å². The van der Waals surface area contributed by atoms with E-state index < -0.39 is 95.9 Å². The van der Waals surface area contributed by atoms with Crippen molar-refractivity contribution in [1.82, 2.24) is 30.2 Å². The minimum absolute atomic E-state index is 0.0258. The van der Waals surface area contributed by atoms with Crippen LogP contribution in [-0.4, -0.2) is 109 Å². The highest BCUT2D eigenvalue weighted by molar-refractivity contribution is 7.59. The number of aromatic nitrogens is 4. The first-order valence-corrected chi connectivity index (χ1v) is 27.8. The van der Waals surface area contributed by atoms with Gasteiger partial charge in [-0.2, -0.15) is 0 Å². The van der Waals surface area contributed by atoms with Crippen LogP contribution in [0.5, 0.6) is 0 Å². The predicted molar refractivity (Wildman–Crippen MR) is 243 cm³/mol. The number of rotatable bonds is 31. The number of aliphatic hydroxyl groups is 2. The summed E-state index contributed by atoms with van der Waals surface area (Å²) in [7, 11) is -17.7. The van der Waals surface area contributed by atoms with E-state index in [4.69, 9.17) is 10.5 Å². The number of anilines is 1. The number of nitrogens with zero attached hydrogens (tertiary/aromatic N) is 4. The quantitative estimate of drug-likeness (QED) is 0.0380. The molecule has 0 spiro atoms. The Morgan fingerprint density at radius 2 is 1.49 bits per heavy atom. The molecule has 2 aliphatic carbocycles. The van der Waals surface area contributed by atoms with Crippen LogP contribution < -0.4 is 35.9 Å². The SMILES string of the molecule is CC(C)(COP(=O)([O-])OP(=O)([O-])OCC1OC(n2cnc3c(N)ncnc32)C(O)C1OP(=O)([O-])[O-])C(O)C(=O)NCCC(=O)NCCC(=O)C1(CCCCc2ccccc2CCCCC2(C(=O)O)CC2)CC1. The van der Waals surface area contributed by atoms with Gasteiger partial charge in [-0.25, -0.2) is 19.3 Å². The Labute approximate surface area is 414 Å². The van der Waals surface area contributed by atoms with E-state index in [1.54, 1.807) is 0 Å². The Kier molecular flexibility index (Phi) is 18.8. The van der Waals surface area contributed by atoms with Crippen LogP contribution in [-0.2, 0) is 68.3 Å². The number of fused-ring (bicyclic) bond motifs is 1. The highest BCUT2D eigenvalue weighted by atomic mass is 31.3. The number of amides is 2. The zero-order chi connectivity index (χ0) is 52.7. The lowest BCUT2D eigenvalue weighted by Crippen LogP contribution is -2.46. The van der Waals surface area contributed by atoms with Crippen molar-refractivity contribution in [1.29, 1.82) is 0 Å². The molecule has 29 heteroatoms. The maximum absolute atomic E-state index is 13.2. The number of nitrogen functional groups attached to an aromatic ring is 1. The van der Waals surface area contributed by atoms with Gasteiger partial charge in [0.2, 0.25) is 11.8 Å². The van der Waals surface area contributed by atoms with Crippen molar-refractivity contribution in [2.45, 2.75) is 134 Å². The second-order valence-electron chi connectivity index (χ2n) is 19.2. The molecule has 0 radical (unpaired) electrons. The summed E-state index contributed by atoms with van der Waals surface area (Å²) in [5.41, 5.74) is 5.72. The van der Waals surface area contributed by atoms with Crippen LogP contribution in [0.15, 0.2) is 36.9 Å². The lowest BCUT2D eigenvalue weighted by atomic mass is 9.87. The summed E-state index contributed by atoms with van der Waals surface area (Å²) in [5, 5.41) is 36.0. The molecule has 3 heterocycles. The molecule has 7 unspecified atom stereocenters. The standard InChI is InChI=1S/C43H64N7O19P3/c1-41(2,24-66-72(63,64)69-71(61,62)65-23-29-34(68-70(58,59)60)33(53)39(67-29)50-26-49-32-36(44)47-25-48-37(32)50)35(54)38(55)46-22-14-31(52)45-21-13-30(51)42(17-18-42)15-7-5-11-27-9-3-4-10-28(27)12-6-8-16-43(19-20-43)40(56)57/h3-4,9-10,25-26,29,33-35,39,53-54H,5-8,11-24H2,1-2H3,(H,45,52)(H,46,55)(H,56,57)(H,61,62)(H,63,64)(H2,44,47,48)(H2,58,59,60)/p-4. The number of Topliss-reactive ketones (excluding diaryl/α,β-unsaturated/α-hetero) is 1. The van der Waals surface area contributed by atoms with Crippen LogP contribution in [0.25, 0.3) is 11.2 Å². The minimum Gasteiger partial charge on any atom is -0.790 e. The van der Waals surface area contributed by atoms with Crippen molar-refractivity contribution in [2.24, 2.45) is 16.2 Å². The molecule has 3 fully saturated rings. The Bertz CT molecular complexity index is 2570. The van der Waals surface area contributed by atoms with E-state index in [1.807, 2.05) is 12.1 Å². The first-order valence-electron chi connectivity index (χ1n) is 23.4. The lowest BCUT2D eigenvalue weighted by molar-refractivity contribution is -0.347. The van der Waals surface area contributed by atoms with E-state index in [0.29, 0.717) is 0 Å². The lowest BCUT2D eigenvalue weighted by Gasteiger charge is -2.36. The molecule has 0 bridgehead atoms. The monoisotopic (exact) mass is 1070 g/mol. The van der Waals surface area contributed by atoms with E-state index >= 15 is 0 Å². The third-order valence-corrected chi connectivity index (χ3v) is 16.3. The van der Waals surface area contributed by atoms with E-state index in [2.05, 4.69) is 55.6 Å². The fourth-order valence-electron chi connectivity index (χ4n) is 8.64. The van der Waals surface area contributed by atoms with Gasteiger partial charge in [0.25, 0.3) is 15.6 Å². The van der Waals surface area contributed by atoms with Crippen molar-refractivity contribution >= 4 is 64.0 Å². The highest BCUT2D eigenvalue weighted by Crippen LogP contribution is 2.57. The van der Waals surface area contributed by atoms with Gasteiger partial charge in [0, 0.05) is 36.8 Å². The fourth-order valence-corrected chi connectivity index (χ4v) is 11.4. The van der Waals surface area contributed by atoms with Crippen LogP contribution in [0.4, 0.5) is 5.82 Å². The van der Waals surface area contributed by atoms with Gasteiger partial charge in [0.15, 0.2) is 17.7 Å². The summed E-state index contributed by atoms with van der Waals surface area (Å²) in [6.45, 7) is -0.0421. The number of aliphatic hydroxyl groups excluding tert-OH is 2. The number of benzene rings is 1. The number of carboxylic acids is 1. The molecular formula is C43H60N7O19P3-4.